The van der Waals surface area contributed by atoms with Gasteiger partial charge in [0, 0.05) is 19.3 Å². The van der Waals surface area contributed by atoms with Crippen LogP contribution < -0.4 is 0 Å². The van der Waals surface area contributed by atoms with Gasteiger partial charge >= 0.3 is 17.9 Å². The monoisotopic (exact) mass is 951 g/mol. The minimum Gasteiger partial charge on any atom is -0.462 e. The lowest BCUT2D eigenvalue weighted by atomic mass is 10.0. The molecule has 1 atom stereocenters. The highest BCUT2D eigenvalue weighted by molar-refractivity contribution is 5.71. The number of hydrogen-bond acceptors (Lipinski definition) is 6. The molecule has 0 heterocycles. The van der Waals surface area contributed by atoms with Crippen LogP contribution in [0.1, 0.15) is 297 Å². The number of carbonyl (C=O) groups is 3. The number of hydrogen-bond donors (Lipinski definition) is 0. The summed E-state index contributed by atoms with van der Waals surface area (Å²) < 4.78 is 16.9. The number of unbranched alkanes of at least 4 members (excludes halogenated alkanes) is 35. The van der Waals surface area contributed by atoms with Gasteiger partial charge in [0.15, 0.2) is 6.10 Å². The van der Waals surface area contributed by atoms with Crippen LogP contribution in [-0.4, -0.2) is 37.2 Å². The molecule has 0 spiro atoms. The summed E-state index contributed by atoms with van der Waals surface area (Å²) in [4.78, 5) is 38.2. The zero-order valence-corrected chi connectivity index (χ0v) is 45.1. The predicted molar refractivity (Wildman–Crippen MR) is 293 cm³/mol. The van der Waals surface area contributed by atoms with Crippen LogP contribution in [0.5, 0.6) is 0 Å². The molecule has 0 saturated heterocycles. The van der Waals surface area contributed by atoms with E-state index in [2.05, 4.69) is 81.5 Å². The number of ether oxygens (including phenoxy) is 3. The van der Waals surface area contributed by atoms with Gasteiger partial charge in [-0.1, -0.05) is 268 Å². The van der Waals surface area contributed by atoms with Gasteiger partial charge in [-0.05, 0) is 70.6 Å². The van der Waals surface area contributed by atoms with E-state index < -0.39 is 6.10 Å². The Morgan fingerprint density at radius 3 is 0.897 bits per heavy atom. The van der Waals surface area contributed by atoms with Gasteiger partial charge in [-0.25, -0.2) is 0 Å². The Hall–Kier alpha value is -2.89. The molecule has 6 nitrogen and oxygen atoms in total. The first-order valence-electron chi connectivity index (χ1n) is 29.3. The molecule has 1 unspecified atom stereocenters. The summed E-state index contributed by atoms with van der Waals surface area (Å²) in [7, 11) is 0. The normalized spacial score (nSPS) is 12.5. The van der Waals surface area contributed by atoms with Crippen molar-refractivity contribution >= 4 is 17.9 Å². The smallest absolute Gasteiger partial charge is 0.306 e. The van der Waals surface area contributed by atoms with E-state index >= 15 is 0 Å². The third-order valence-electron chi connectivity index (χ3n) is 12.8. The van der Waals surface area contributed by atoms with Crippen molar-refractivity contribution in [3.05, 3.63) is 60.8 Å². The van der Waals surface area contributed by atoms with Gasteiger partial charge in [-0.3, -0.25) is 14.4 Å². The van der Waals surface area contributed by atoms with Crippen molar-refractivity contribution in [2.24, 2.45) is 0 Å². The van der Waals surface area contributed by atoms with E-state index in [1.807, 2.05) is 0 Å². The number of carbonyl (C=O) groups excluding carboxylic acids is 3. The van der Waals surface area contributed by atoms with Gasteiger partial charge in [0.05, 0.1) is 0 Å². The van der Waals surface area contributed by atoms with Crippen molar-refractivity contribution < 1.29 is 28.6 Å². The van der Waals surface area contributed by atoms with E-state index in [0.29, 0.717) is 19.3 Å². The molecular formula is C62H110O6. The second-order valence-corrected chi connectivity index (χ2v) is 19.6. The molecule has 0 aromatic rings. The minimum absolute atomic E-state index is 0.0827. The largest absolute Gasteiger partial charge is 0.462 e. The molecule has 0 aromatic carbocycles. The van der Waals surface area contributed by atoms with Crippen molar-refractivity contribution in [2.45, 2.75) is 303 Å². The summed E-state index contributed by atoms with van der Waals surface area (Å²) in [5.41, 5.74) is 0. The summed E-state index contributed by atoms with van der Waals surface area (Å²) in [6.07, 6.45) is 70.6. The van der Waals surface area contributed by atoms with Gasteiger partial charge in [0.25, 0.3) is 0 Å². The van der Waals surface area contributed by atoms with E-state index in [4.69, 9.17) is 14.2 Å². The van der Waals surface area contributed by atoms with Crippen LogP contribution in [0, 0.1) is 0 Å². The fourth-order valence-electron chi connectivity index (χ4n) is 8.39. The standard InChI is InChI=1S/C62H110O6/c1-4-7-10-13-16-19-22-25-28-31-32-35-37-40-43-46-49-52-55-61(64)67-58-59(68-62(65)56-53-50-47-44-41-38-34-30-27-24-21-18-15-12-9-6-3)57-66-60(63)54-51-48-45-42-39-36-33-29-26-23-20-17-14-11-8-5-2/h16,19,22,25,28,30-32,34-35,59H,4-15,17-18,20-21,23-24,26-27,29,33,36-58H2,1-3H3/b19-16-,25-22-,31-28-,34-30-,35-32-. The Kier molecular flexibility index (Phi) is 54.3. The maximum Gasteiger partial charge on any atom is 0.306 e. The van der Waals surface area contributed by atoms with Crippen molar-refractivity contribution in [3.63, 3.8) is 0 Å². The highest BCUT2D eigenvalue weighted by atomic mass is 16.6. The van der Waals surface area contributed by atoms with Gasteiger partial charge in [-0.15, -0.1) is 0 Å². The Morgan fingerprint density at radius 2 is 0.544 bits per heavy atom. The SMILES string of the molecule is CCCCC\C=C/C=C\C=C/C=C\CCCCCCCC(=O)OCC(COC(=O)CCCCCCCCCCCCCCCCCC)OC(=O)CCCCCCC/C=C\CCCCCCCCC. The van der Waals surface area contributed by atoms with Gasteiger partial charge in [0.2, 0.25) is 0 Å². The van der Waals surface area contributed by atoms with E-state index in [-0.39, 0.29) is 31.1 Å². The highest BCUT2D eigenvalue weighted by Crippen LogP contribution is 2.16. The van der Waals surface area contributed by atoms with E-state index in [0.717, 1.165) is 96.3 Å². The first-order chi connectivity index (χ1) is 33.5. The Balaban J connectivity index is 4.42. The van der Waals surface area contributed by atoms with Gasteiger partial charge < -0.3 is 14.2 Å². The summed E-state index contributed by atoms with van der Waals surface area (Å²) in [6, 6.07) is 0. The van der Waals surface area contributed by atoms with Crippen LogP contribution in [0.25, 0.3) is 0 Å². The molecule has 0 aliphatic carbocycles. The maximum absolute atomic E-state index is 12.9. The molecule has 0 aliphatic rings. The third-order valence-corrected chi connectivity index (χ3v) is 12.8. The summed E-state index contributed by atoms with van der Waals surface area (Å²) >= 11 is 0. The molecule has 0 bridgehead atoms. The zero-order valence-electron chi connectivity index (χ0n) is 45.1. The third kappa shape index (κ3) is 54.1. The first kappa shape index (κ1) is 65.1. The van der Waals surface area contributed by atoms with E-state index in [1.54, 1.807) is 0 Å². The highest BCUT2D eigenvalue weighted by Gasteiger charge is 2.19. The van der Waals surface area contributed by atoms with E-state index in [9.17, 15) is 14.4 Å². The van der Waals surface area contributed by atoms with Crippen LogP contribution in [0.3, 0.4) is 0 Å². The van der Waals surface area contributed by atoms with Crippen molar-refractivity contribution in [1.29, 1.82) is 0 Å². The van der Waals surface area contributed by atoms with Crippen LogP contribution in [-0.2, 0) is 28.6 Å². The molecule has 394 valence electrons. The molecule has 0 fully saturated rings. The van der Waals surface area contributed by atoms with Crippen LogP contribution >= 0.6 is 0 Å². The van der Waals surface area contributed by atoms with Crippen LogP contribution in [0.4, 0.5) is 0 Å². The molecule has 0 radical (unpaired) electrons. The zero-order chi connectivity index (χ0) is 49.3. The summed E-state index contributed by atoms with van der Waals surface area (Å²) in [6.45, 7) is 6.61. The van der Waals surface area contributed by atoms with Crippen molar-refractivity contribution in [1.82, 2.24) is 0 Å². The minimum atomic E-state index is -0.787. The lowest BCUT2D eigenvalue weighted by Crippen LogP contribution is -2.30. The topological polar surface area (TPSA) is 78.9 Å². The van der Waals surface area contributed by atoms with Crippen molar-refractivity contribution in [2.75, 3.05) is 13.2 Å². The van der Waals surface area contributed by atoms with E-state index in [1.165, 1.54) is 161 Å². The second-order valence-electron chi connectivity index (χ2n) is 19.6. The quantitative estimate of drug-likeness (QED) is 0.0199. The fraction of sp³-hybridized carbons (Fsp3) is 0.790. The molecule has 0 saturated carbocycles. The maximum atomic E-state index is 12.9. The summed E-state index contributed by atoms with van der Waals surface area (Å²) in [5, 5.41) is 0. The van der Waals surface area contributed by atoms with Gasteiger partial charge in [-0.2, -0.15) is 0 Å². The predicted octanol–water partition coefficient (Wildman–Crippen LogP) is 19.6. The lowest BCUT2D eigenvalue weighted by Gasteiger charge is -2.18. The molecule has 0 aromatic heterocycles. The Morgan fingerprint density at radius 1 is 0.294 bits per heavy atom. The number of allylic oxidation sites excluding steroid dienone is 10. The Bertz CT molecular complexity index is 1230. The first-order valence-corrected chi connectivity index (χ1v) is 29.3. The second kappa shape index (κ2) is 56.7. The Labute approximate surface area is 421 Å². The average Bonchev–Trinajstić information content (AvgIpc) is 3.34. The molecular weight excluding hydrogens is 841 g/mol. The van der Waals surface area contributed by atoms with Crippen LogP contribution in [0.15, 0.2) is 60.8 Å². The number of rotatable bonds is 53. The van der Waals surface area contributed by atoms with Gasteiger partial charge in [0.1, 0.15) is 13.2 Å². The molecule has 0 rings (SSSR count). The molecule has 0 aliphatic heterocycles. The molecule has 68 heavy (non-hydrogen) atoms. The lowest BCUT2D eigenvalue weighted by molar-refractivity contribution is -0.167. The molecule has 0 N–H and O–H groups in total. The molecule has 0 amide bonds. The number of esters is 3. The summed E-state index contributed by atoms with van der Waals surface area (Å²) in [5.74, 6) is -0.901. The fourth-order valence-corrected chi connectivity index (χ4v) is 8.39. The molecule has 6 heteroatoms. The van der Waals surface area contributed by atoms with Crippen molar-refractivity contribution in [3.8, 4) is 0 Å². The average molecular weight is 952 g/mol. The van der Waals surface area contributed by atoms with Crippen LogP contribution in [0.2, 0.25) is 0 Å².